The lowest BCUT2D eigenvalue weighted by molar-refractivity contribution is 0.122. The quantitative estimate of drug-likeness (QED) is 0.672. The molecule has 0 saturated carbocycles. The number of aryl methyl sites for hydroxylation is 1. The third kappa shape index (κ3) is 3.31. The smallest absolute Gasteiger partial charge is 0.210 e. The molecule has 0 N–H and O–H groups in total. The van der Waals surface area contributed by atoms with Crippen LogP contribution in [0.25, 0.3) is 10.9 Å². The van der Waals surface area contributed by atoms with E-state index in [4.69, 9.17) is 9.47 Å². The first-order chi connectivity index (χ1) is 13.5. The Bertz CT molecular complexity index is 1120. The van der Waals surface area contributed by atoms with E-state index < -0.39 is 9.84 Å². The molecule has 0 radical (unpaired) electrons. The third-order valence-electron chi connectivity index (χ3n) is 4.93. The fraction of sp³-hybridized carbons (Fsp3) is 0.286. The van der Waals surface area contributed by atoms with Crippen LogP contribution < -0.4 is 9.64 Å². The van der Waals surface area contributed by atoms with Crippen molar-refractivity contribution in [2.24, 2.45) is 0 Å². The fourth-order valence-electron chi connectivity index (χ4n) is 3.48. The highest BCUT2D eigenvalue weighted by Crippen LogP contribution is 2.37. The number of ether oxygens (including phenoxy) is 2. The first-order valence-electron chi connectivity index (χ1n) is 9.12. The van der Waals surface area contributed by atoms with Crippen molar-refractivity contribution >= 4 is 26.4 Å². The highest BCUT2D eigenvalue weighted by molar-refractivity contribution is 7.91. The normalized spacial score (nSPS) is 15.0. The largest absolute Gasteiger partial charge is 0.497 e. The van der Waals surface area contributed by atoms with E-state index in [1.165, 1.54) is 13.3 Å². The number of aromatic nitrogens is 1. The lowest BCUT2D eigenvalue weighted by Gasteiger charge is -2.31. The number of morpholine rings is 1. The summed E-state index contributed by atoms with van der Waals surface area (Å²) in [6.07, 6.45) is 1.47. The summed E-state index contributed by atoms with van der Waals surface area (Å²) in [5, 5.41) is 0.839. The molecular formula is C21H22N2O4S. The molecule has 0 aliphatic carbocycles. The molecule has 0 atom stereocenters. The Labute approximate surface area is 164 Å². The number of hydrogen-bond acceptors (Lipinski definition) is 6. The first-order valence-corrected chi connectivity index (χ1v) is 10.6. The van der Waals surface area contributed by atoms with Crippen molar-refractivity contribution < 1.29 is 17.9 Å². The van der Waals surface area contributed by atoms with Gasteiger partial charge in [-0.1, -0.05) is 17.7 Å². The number of methoxy groups -OCH3 is 1. The first kappa shape index (κ1) is 18.7. The average Bonchev–Trinajstić information content (AvgIpc) is 2.73. The molecule has 0 amide bonds. The Balaban J connectivity index is 1.97. The van der Waals surface area contributed by atoms with Crippen LogP contribution in [0.2, 0.25) is 0 Å². The molecule has 2 heterocycles. The van der Waals surface area contributed by atoms with Gasteiger partial charge >= 0.3 is 0 Å². The van der Waals surface area contributed by atoms with Gasteiger partial charge in [0.1, 0.15) is 10.6 Å². The zero-order chi connectivity index (χ0) is 19.7. The molecule has 3 aromatic rings. The predicted octanol–water partition coefficient (Wildman–Crippen LogP) is 3.22. The topological polar surface area (TPSA) is 68.7 Å². The summed E-state index contributed by atoms with van der Waals surface area (Å²) >= 11 is 0. The molecular weight excluding hydrogens is 376 g/mol. The van der Waals surface area contributed by atoms with Crippen LogP contribution in [0, 0.1) is 6.92 Å². The average molecular weight is 398 g/mol. The maximum atomic E-state index is 13.5. The van der Waals surface area contributed by atoms with Gasteiger partial charge in [0.15, 0.2) is 0 Å². The zero-order valence-corrected chi connectivity index (χ0v) is 16.7. The SMILES string of the molecule is COc1cccc(S(=O)(=O)c2cnc3ccc(C)cc3c2N2CCOCC2)c1. The van der Waals surface area contributed by atoms with Gasteiger partial charge in [-0.25, -0.2) is 8.42 Å². The lowest BCUT2D eigenvalue weighted by Crippen LogP contribution is -2.37. The van der Waals surface area contributed by atoms with Crippen LogP contribution in [-0.4, -0.2) is 46.8 Å². The highest BCUT2D eigenvalue weighted by atomic mass is 32.2. The second-order valence-electron chi connectivity index (χ2n) is 6.77. The molecule has 146 valence electrons. The van der Waals surface area contributed by atoms with E-state index >= 15 is 0 Å². The minimum atomic E-state index is -3.78. The molecule has 7 heteroatoms. The standard InChI is InChI=1S/C21H22N2O4S/c1-15-6-7-19-18(12-15)21(23-8-10-27-11-9-23)20(14-22-19)28(24,25)17-5-3-4-16(13-17)26-2/h3-7,12-14H,8-11H2,1-2H3. The number of anilines is 1. The number of pyridine rings is 1. The van der Waals surface area contributed by atoms with E-state index in [0.717, 1.165) is 16.5 Å². The van der Waals surface area contributed by atoms with Gasteiger partial charge in [-0.3, -0.25) is 4.98 Å². The predicted molar refractivity (Wildman–Crippen MR) is 108 cm³/mol. The van der Waals surface area contributed by atoms with Crippen LogP contribution in [0.15, 0.2) is 58.5 Å². The van der Waals surface area contributed by atoms with Crippen molar-refractivity contribution in [2.45, 2.75) is 16.7 Å². The van der Waals surface area contributed by atoms with Gasteiger partial charge in [0, 0.05) is 24.7 Å². The van der Waals surface area contributed by atoms with Gasteiger partial charge in [-0.2, -0.15) is 0 Å². The van der Waals surface area contributed by atoms with E-state index in [0.29, 0.717) is 37.7 Å². The summed E-state index contributed by atoms with van der Waals surface area (Å²) in [7, 11) is -2.26. The second kappa shape index (κ2) is 7.41. The van der Waals surface area contributed by atoms with E-state index in [1.807, 2.05) is 25.1 Å². The van der Waals surface area contributed by atoms with E-state index in [9.17, 15) is 8.42 Å². The number of rotatable bonds is 4. The van der Waals surface area contributed by atoms with Crippen LogP contribution >= 0.6 is 0 Å². The van der Waals surface area contributed by atoms with Gasteiger partial charge in [-0.15, -0.1) is 0 Å². The van der Waals surface area contributed by atoms with Gasteiger partial charge in [0.2, 0.25) is 9.84 Å². The number of fused-ring (bicyclic) bond motifs is 1. The number of sulfone groups is 1. The van der Waals surface area contributed by atoms with Crippen LogP contribution in [0.4, 0.5) is 5.69 Å². The van der Waals surface area contributed by atoms with Gasteiger partial charge in [-0.05, 0) is 37.3 Å². The number of hydrogen-bond donors (Lipinski definition) is 0. The van der Waals surface area contributed by atoms with Gasteiger partial charge in [0.25, 0.3) is 0 Å². The molecule has 0 bridgehead atoms. The highest BCUT2D eigenvalue weighted by Gasteiger charge is 2.28. The molecule has 0 spiro atoms. The van der Waals surface area contributed by atoms with Crippen molar-refractivity contribution in [1.82, 2.24) is 4.98 Å². The Morgan fingerprint density at radius 3 is 2.64 bits per heavy atom. The van der Waals surface area contributed by atoms with Crippen LogP contribution in [0.3, 0.4) is 0 Å². The zero-order valence-electron chi connectivity index (χ0n) is 15.9. The Morgan fingerprint density at radius 2 is 1.89 bits per heavy atom. The molecule has 4 rings (SSSR count). The van der Waals surface area contributed by atoms with Crippen LogP contribution in [-0.2, 0) is 14.6 Å². The Hall–Kier alpha value is -2.64. The third-order valence-corrected chi connectivity index (χ3v) is 6.68. The maximum Gasteiger partial charge on any atom is 0.210 e. The van der Waals surface area contributed by atoms with Crippen molar-refractivity contribution in [3.63, 3.8) is 0 Å². The van der Waals surface area contributed by atoms with E-state index in [1.54, 1.807) is 24.3 Å². The summed E-state index contributed by atoms with van der Waals surface area (Å²) < 4.78 is 37.8. The minimum Gasteiger partial charge on any atom is -0.497 e. The Kier molecular flexibility index (Phi) is 4.95. The van der Waals surface area contributed by atoms with E-state index in [-0.39, 0.29) is 9.79 Å². The van der Waals surface area contributed by atoms with Gasteiger partial charge in [0.05, 0.1) is 36.4 Å². The van der Waals surface area contributed by atoms with Crippen molar-refractivity contribution in [3.05, 3.63) is 54.2 Å². The molecule has 2 aromatic carbocycles. The second-order valence-corrected chi connectivity index (χ2v) is 8.69. The van der Waals surface area contributed by atoms with Crippen molar-refractivity contribution in [2.75, 3.05) is 38.3 Å². The van der Waals surface area contributed by atoms with Crippen molar-refractivity contribution in [1.29, 1.82) is 0 Å². The number of nitrogens with zero attached hydrogens (tertiary/aromatic N) is 2. The summed E-state index contributed by atoms with van der Waals surface area (Å²) in [6.45, 7) is 4.38. The van der Waals surface area contributed by atoms with E-state index in [2.05, 4.69) is 9.88 Å². The van der Waals surface area contributed by atoms with Crippen LogP contribution in [0.5, 0.6) is 5.75 Å². The Morgan fingerprint density at radius 1 is 1.11 bits per heavy atom. The molecule has 1 aliphatic heterocycles. The minimum absolute atomic E-state index is 0.190. The van der Waals surface area contributed by atoms with Crippen molar-refractivity contribution in [3.8, 4) is 5.75 Å². The van der Waals surface area contributed by atoms with Crippen LogP contribution in [0.1, 0.15) is 5.56 Å². The summed E-state index contributed by atoms with van der Waals surface area (Å²) in [5.74, 6) is 0.499. The monoisotopic (exact) mass is 398 g/mol. The molecule has 1 aromatic heterocycles. The summed E-state index contributed by atoms with van der Waals surface area (Å²) in [4.78, 5) is 6.93. The molecule has 6 nitrogen and oxygen atoms in total. The lowest BCUT2D eigenvalue weighted by atomic mass is 10.1. The van der Waals surface area contributed by atoms with Gasteiger partial charge < -0.3 is 14.4 Å². The molecule has 0 unspecified atom stereocenters. The summed E-state index contributed by atoms with van der Waals surface area (Å²) in [6, 6.07) is 12.4. The molecule has 28 heavy (non-hydrogen) atoms. The maximum absolute atomic E-state index is 13.5. The summed E-state index contributed by atoms with van der Waals surface area (Å²) in [5.41, 5.74) is 2.52. The molecule has 1 fully saturated rings. The molecule has 1 saturated heterocycles. The molecule has 1 aliphatic rings. The fourth-order valence-corrected chi connectivity index (χ4v) is 4.95. The number of benzene rings is 2.